The van der Waals surface area contributed by atoms with Gasteiger partial charge in [0.1, 0.15) is 6.61 Å². The van der Waals surface area contributed by atoms with Gasteiger partial charge in [-0.3, -0.25) is 4.79 Å². The number of hydrogen-bond acceptors (Lipinski definition) is 5. The number of hydrogen-bond donors (Lipinski definition) is 2. The Morgan fingerprint density at radius 2 is 1.84 bits per heavy atom. The number of benzene rings is 1. The molecular weight excluding hydrogens is 417 g/mol. The average Bonchev–Trinajstić information content (AvgIpc) is 3.27. The summed E-state index contributed by atoms with van der Waals surface area (Å²) < 4.78 is 56.6. The highest BCUT2D eigenvalue weighted by molar-refractivity contribution is 5.87. The highest BCUT2D eigenvalue weighted by Gasteiger charge is 2.62. The van der Waals surface area contributed by atoms with Gasteiger partial charge in [0.25, 0.3) is 11.5 Å². The second-order valence-electron chi connectivity index (χ2n) is 6.48. The van der Waals surface area contributed by atoms with E-state index in [4.69, 9.17) is 13.9 Å². The Kier molecular flexibility index (Phi) is 8.26. The molecule has 0 unspecified atom stereocenters. The predicted octanol–water partition coefficient (Wildman–Crippen LogP) is 3.50. The van der Waals surface area contributed by atoms with E-state index in [1.165, 1.54) is 48.9 Å². The molecule has 7 nitrogen and oxygen atoms in total. The maximum Gasteiger partial charge on any atom is 0.430 e. The summed E-state index contributed by atoms with van der Waals surface area (Å²) in [4.78, 5) is 24.5. The van der Waals surface area contributed by atoms with E-state index in [9.17, 15) is 22.8 Å². The molecule has 1 aromatic heterocycles. The van der Waals surface area contributed by atoms with Crippen LogP contribution >= 0.6 is 0 Å². The zero-order valence-corrected chi connectivity index (χ0v) is 16.8. The van der Waals surface area contributed by atoms with E-state index in [2.05, 4.69) is 17.2 Å². The van der Waals surface area contributed by atoms with Crippen LogP contribution in [0.1, 0.15) is 17.0 Å². The van der Waals surface area contributed by atoms with Crippen molar-refractivity contribution in [3.63, 3.8) is 0 Å². The highest BCUT2D eigenvalue weighted by atomic mass is 19.4. The molecule has 10 heteroatoms. The molecule has 2 N–H and O–H groups in total. The normalized spacial score (nSPS) is 14.2. The van der Waals surface area contributed by atoms with E-state index in [0.29, 0.717) is 5.56 Å². The van der Waals surface area contributed by atoms with Crippen LogP contribution in [0.3, 0.4) is 0 Å². The molecule has 168 valence electrons. The van der Waals surface area contributed by atoms with Gasteiger partial charge in [0.05, 0.1) is 12.5 Å². The van der Waals surface area contributed by atoms with E-state index in [1.54, 1.807) is 6.07 Å². The van der Waals surface area contributed by atoms with E-state index in [0.717, 1.165) is 7.11 Å². The Morgan fingerprint density at radius 1 is 1.16 bits per heavy atom. The van der Waals surface area contributed by atoms with E-state index in [1.807, 2.05) is 0 Å². The number of amides is 2. The van der Waals surface area contributed by atoms with Gasteiger partial charge >= 0.3 is 12.3 Å². The van der Waals surface area contributed by atoms with Gasteiger partial charge in [0, 0.05) is 31.7 Å². The van der Waals surface area contributed by atoms with Gasteiger partial charge < -0.3 is 24.5 Å². The molecule has 0 fully saturated rings. The predicted molar refractivity (Wildman–Crippen MR) is 105 cm³/mol. The van der Waals surface area contributed by atoms with Gasteiger partial charge in [-0.05, 0) is 11.6 Å². The molecule has 31 heavy (non-hydrogen) atoms. The van der Waals surface area contributed by atoms with Crippen LogP contribution in [0.4, 0.5) is 18.0 Å². The van der Waals surface area contributed by atoms with Gasteiger partial charge in [-0.2, -0.15) is 13.2 Å². The molecule has 0 saturated carbocycles. The fourth-order valence-corrected chi connectivity index (χ4v) is 2.97. The number of alkyl carbamates (subject to hydrolysis) is 1. The molecule has 2 aromatic rings. The molecule has 2 rings (SSSR count). The van der Waals surface area contributed by atoms with Crippen molar-refractivity contribution in [3.05, 3.63) is 72.7 Å². The van der Waals surface area contributed by atoms with Gasteiger partial charge in [0.2, 0.25) is 0 Å². The quantitative estimate of drug-likeness (QED) is 0.552. The number of rotatable bonds is 10. The molecule has 0 radical (unpaired) electrons. The Hall–Kier alpha value is -3.27. The molecule has 0 aliphatic heterocycles. The lowest BCUT2D eigenvalue weighted by molar-refractivity contribution is -0.265. The molecule has 0 saturated heterocycles. The standard InChI is InChI=1S/C21H23F3N2O5/c1-3-10-31-19(28)26-13-16(15-9-11-30-14-15)12-25-18(27)20(29-2,21(22,23)24)17-7-5-4-6-8-17/h3-9,11,14,16H,1,10,12-13H2,2H3,(H,25,27)(H,26,28)/t16-,20-/m1/s1. The van der Waals surface area contributed by atoms with E-state index < -0.39 is 29.7 Å². The maximum atomic E-state index is 14.0. The third kappa shape index (κ3) is 5.66. The number of alkyl halides is 3. The van der Waals surface area contributed by atoms with Crippen molar-refractivity contribution in [3.8, 4) is 0 Å². The minimum atomic E-state index is -5.02. The van der Waals surface area contributed by atoms with Gasteiger partial charge in [-0.25, -0.2) is 4.79 Å². The third-order valence-electron chi connectivity index (χ3n) is 4.55. The maximum absolute atomic E-state index is 14.0. The fourth-order valence-electron chi connectivity index (χ4n) is 2.97. The monoisotopic (exact) mass is 440 g/mol. The number of carbonyl (C=O) groups is 2. The lowest BCUT2D eigenvalue weighted by atomic mass is 9.91. The Morgan fingerprint density at radius 3 is 2.39 bits per heavy atom. The molecule has 0 aliphatic rings. The lowest BCUT2D eigenvalue weighted by Gasteiger charge is -2.33. The van der Waals surface area contributed by atoms with Gasteiger partial charge in [0.15, 0.2) is 0 Å². The number of halogens is 3. The molecule has 0 bridgehead atoms. The molecule has 1 aromatic carbocycles. The highest BCUT2D eigenvalue weighted by Crippen LogP contribution is 2.42. The molecule has 2 amide bonds. The first-order valence-corrected chi connectivity index (χ1v) is 9.25. The SMILES string of the molecule is C=CCOC(=O)NC[C@@H](CNC(=O)[C@](OC)(c1ccccc1)C(F)(F)F)c1ccoc1. The molecule has 2 atom stereocenters. The van der Waals surface area contributed by atoms with Crippen LogP contribution < -0.4 is 10.6 Å². The van der Waals surface area contributed by atoms with Crippen molar-refractivity contribution in [2.24, 2.45) is 0 Å². The summed E-state index contributed by atoms with van der Waals surface area (Å²) >= 11 is 0. The minimum Gasteiger partial charge on any atom is -0.472 e. The van der Waals surface area contributed by atoms with Crippen molar-refractivity contribution in [2.75, 3.05) is 26.8 Å². The topological polar surface area (TPSA) is 89.8 Å². The Bertz CT molecular complexity index is 856. The Balaban J connectivity index is 2.19. The van der Waals surface area contributed by atoms with Crippen molar-refractivity contribution < 1.29 is 36.7 Å². The van der Waals surface area contributed by atoms with Crippen molar-refractivity contribution >= 4 is 12.0 Å². The third-order valence-corrected chi connectivity index (χ3v) is 4.55. The Labute approximate surface area is 177 Å². The van der Waals surface area contributed by atoms with Gasteiger partial charge in [-0.1, -0.05) is 43.0 Å². The van der Waals surface area contributed by atoms with Crippen molar-refractivity contribution in [2.45, 2.75) is 17.7 Å². The van der Waals surface area contributed by atoms with E-state index >= 15 is 0 Å². The number of ether oxygens (including phenoxy) is 2. The lowest BCUT2D eigenvalue weighted by Crippen LogP contribution is -2.56. The second-order valence-corrected chi connectivity index (χ2v) is 6.48. The second kappa shape index (κ2) is 10.7. The molecule has 1 heterocycles. The van der Waals surface area contributed by atoms with Gasteiger partial charge in [-0.15, -0.1) is 0 Å². The average molecular weight is 440 g/mol. The first-order valence-electron chi connectivity index (χ1n) is 9.25. The fraction of sp³-hybridized carbons (Fsp3) is 0.333. The number of nitrogens with one attached hydrogen (secondary N) is 2. The first kappa shape index (κ1) is 24.0. The summed E-state index contributed by atoms with van der Waals surface area (Å²) in [6, 6.07) is 8.22. The van der Waals surface area contributed by atoms with Crippen LogP contribution in [0.15, 0.2) is 66.0 Å². The van der Waals surface area contributed by atoms with Crippen LogP contribution in [0.5, 0.6) is 0 Å². The molecule has 0 aliphatic carbocycles. The zero-order valence-electron chi connectivity index (χ0n) is 16.8. The van der Waals surface area contributed by atoms with Crippen LogP contribution in [-0.4, -0.2) is 45.0 Å². The summed E-state index contributed by atoms with van der Waals surface area (Å²) in [5.41, 5.74) is -2.97. The number of furan rings is 1. The summed E-state index contributed by atoms with van der Waals surface area (Å²) in [7, 11) is 0.824. The molecule has 0 spiro atoms. The first-order chi connectivity index (χ1) is 14.8. The van der Waals surface area contributed by atoms with Crippen molar-refractivity contribution in [1.82, 2.24) is 10.6 Å². The van der Waals surface area contributed by atoms with Crippen LogP contribution in [0.25, 0.3) is 0 Å². The van der Waals surface area contributed by atoms with E-state index in [-0.39, 0.29) is 25.3 Å². The zero-order chi connectivity index (χ0) is 22.9. The van der Waals surface area contributed by atoms with Crippen LogP contribution in [0.2, 0.25) is 0 Å². The summed E-state index contributed by atoms with van der Waals surface area (Å²) in [5.74, 6) is -1.96. The number of carbonyl (C=O) groups excluding carboxylic acids is 2. The van der Waals surface area contributed by atoms with Crippen LogP contribution in [-0.2, 0) is 19.9 Å². The smallest absolute Gasteiger partial charge is 0.430 e. The summed E-state index contributed by atoms with van der Waals surface area (Å²) in [6.45, 7) is 3.17. The van der Waals surface area contributed by atoms with Crippen LogP contribution in [0, 0.1) is 0 Å². The summed E-state index contributed by atoms with van der Waals surface area (Å²) in [6.07, 6.45) is -1.62. The van der Waals surface area contributed by atoms with Crippen molar-refractivity contribution in [1.29, 1.82) is 0 Å². The minimum absolute atomic E-state index is 0.00202. The number of methoxy groups -OCH3 is 1. The molecular formula is C21H23F3N2O5. The largest absolute Gasteiger partial charge is 0.472 e. The summed E-state index contributed by atoms with van der Waals surface area (Å²) in [5, 5.41) is 4.79.